The van der Waals surface area contributed by atoms with E-state index in [2.05, 4.69) is 34.1 Å². The van der Waals surface area contributed by atoms with E-state index < -0.39 is 0 Å². The Labute approximate surface area is 137 Å². The summed E-state index contributed by atoms with van der Waals surface area (Å²) in [5.74, 6) is 0.0964. The van der Waals surface area contributed by atoms with Gasteiger partial charge in [-0.05, 0) is 31.0 Å². The standard InChI is InChI=1S/C19H23N3O/c1-16-8-9-18(14-20-16)19(23)22-11-5-10-21(12-13-22)15-17-6-3-2-4-7-17/h2-4,6-9,14H,5,10-13,15H2,1H3. The Morgan fingerprint density at radius 2 is 1.87 bits per heavy atom. The van der Waals surface area contributed by atoms with Crippen molar-refractivity contribution in [1.29, 1.82) is 0 Å². The monoisotopic (exact) mass is 309 g/mol. The number of nitrogens with zero attached hydrogens (tertiary/aromatic N) is 3. The third-order valence-corrected chi connectivity index (χ3v) is 4.28. The molecule has 120 valence electrons. The summed E-state index contributed by atoms with van der Waals surface area (Å²) in [5.41, 5.74) is 2.95. The van der Waals surface area contributed by atoms with Crippen molar-refractivity contribution in [2.24, 2.45) is 0 Å². The summed E-state index contributed by atoms with van der Waals surface area (Å²) in [6.45, 7) is 6.43. The van der Waals surface area contributed by atoms with Gasteiger partial charge >= 0.3 is 0 Å². The number of carbonyl (C=O) groups is 1. The first-order valence-corrected chi connectivity index (χ1v) is 8.20. The molecule has 1 aliphatic heterocycles. The lowest BCUT2D eigenvalue weighted by molar-refractivity contribution is 0.0760. The second-order valence-corrected chi connectivity index (χ2v) is 6.10. The zero-order valence-corrected chi connectivity index (χ0v) is 13.6. The van der Waals surface area contributed by atoms with Gasteiger partial charge < -0.3 is 4.90 Å². The van der Waals surface area contributed by atoms with Crippen molar-refractivity contribution >= 4 is 5.91 Å². The van der Waals surface area contributed by atoms with Gasteiger partial charge in [0.05, 0.1) is 5.56 Å². The van der Waals surface area contributed by atoms with E-state index in [4.69, 9.17) is 0 Å². The maximum atomic E-state index is 12.6. The number of rotatable bonds is 3. The Hall–Kier alpha value is -2.20. The van der Waals surface area contributed by atoms with E-state index in [9.17, 15) is 4.79 Å². The third-order valence-electron chi connectivity index (χ3n) is 4.28. The van der Waals surface area contributed by atoms with E-state index >= 15 is 0 Å². The second kappa shape index (κ2) is 7.38. The normalized spacial score (nSPS) is 16.1. The second-order valence-electron chi connectivity index (χ2n) is 6.10. The van der Waals surface area contributed by atoms with E-state index in [1.165, 1.54) is 5.56 Å². The molecule has 0 unspecified atom stereocenters. The number of amides is 1. The van der Waals surface area contributed by atoms with Crippen LogP contribution in [0.4, 0.5) is 0 Å². The number of hydrogen-bond donors (Lipinski definition) is 0. The minimum Gasteiger partial charge on any atom is -0.337 e. The van der Waals surface area contributed by atoms with Gasteiger partial charge in [0.15, 0.2) is 0 Å². The molecule has 0 N–H and O–H groups in total. The van der Waals surface area contributed by atoms with Crippen molar-refractivity contribution < 1.29 is 4.79 Å². The van der Waals surface area contributed by atoms with E-state index in [0.29, 0.717) is 5.56 Å². The van der Waals surface area contributed by atoms with Gasteiger partial charge in [-0.1, -0.05) is 30.3 Å². The molecule has 2 aromatic rings. The van der Waals surface area contributed by atoms with Crippen LogP contribution >= 0.6 is 0 Å². The highest BCUT2D eigenvalue weighted by Crippen LogP contribution is 2.12. The number of pyridine rings is 1. The lowest BCUT2D eigenvalue weighted by Gasteiger charge is -2.22. The molecule has 1 saturated heterocycles. The summed E-state index contributed by atoms with van der Waals surface area (Å²) < 4.78 is 0. The maximum absolute atomic E-state index is 12.6. The van der Waals surface area contributed by atoms with E-state index in [1.54, 1.807) is 6.20 Å². The quantitative estimate of drug-likeness (QED) is 0.875. The summed E-state index contributed by atoms with van der Waals surface area (Å²) in [6.07, 6.45) is 2.70. The summed E-state index contributed by atoms with van der Waals surface area (Å²) in [4.78, 5) is 21.2. The van der Waals surface area contributed by atoms with Crippen LogP contribution in [0, 0.1) is 6.92 Å². The number of aryl methyl sites for hydroxylation is 1. The molecule has 0 saturated carbocycles. The Morgan fingerprint density at radius 3 is 2.61 bits per heavy atom. The minimum absolute atomic E-state index is 0.0964. The molecule has 4 heteroatoms. The minimum atomic E-state index is 0.0964. The molecule has 1 aliphatic rings. The van der Waals surface area contributed by atoms with Crippen molar-refractivity contribution in [1.82, 2.24) is 14.8 Å². The molecule has 1 amide bonds. The molecule has 0 radical (unpaired) electrons. The largest absolute Gasteiger partial charge is 0.337 e. The van der Waals surface area contributed by atoms with Crippen LogP contribution in [0.2, 0.25) is 0 Å². The molecule has 2 heterocycles. The Bertz CT molecular complexity index is 639. The van der Waals surface area contributed by atoms with Gasteiger partial charge in [0.25, 0.3) is 5.91 Å². The predicted octanol–water partition coefficient (Wildman–Crippen LogP) is 2.74. The molecule has 0 atom stereocenters. The first kappa shape index (κ1) is 15.7. The topological polar surface area (TPSA) is 36.4 Å². The SMILES string of the molecule is Cc1ccc(C(=O)N2CCCN(Cc3ccccc3)CC2)cn1. The number of aromatic nitrogens is 1. The fourth-order valence-electron chi connectivity index (χ4n) is 2.95. The molecule has 23 heavy (non-hydrogen) atoms. The highest BCUT2D eigenvalue weighted by molar-refractivity contribution is 5.93. The van der Waals surface area contributed by atoms with Gasteiger partial charge in [-0.3, -0.25) is 14.7 Å². The molecular formula is C19H23N3O. The highest BCUT2D eigenvalue weighted by atomic mass is 16.2. The first-order chi connectivity index (χ1) is 11.2. The van der Waals surface area contributed by atoms with Crippen LogP contribution < -0.4 is 0 Å². The van der Waals surface area contributed by atoms with Gasteiger partial charge in [-0.2, -0.15) is 0 Å². The molecule has 3 rings (SSSR count). The smallest absolute Gasteiger partial charge is 0.255 e. The highest BCUT2D eigenvalue weighted by Gasteiger charge is 2.20. The molecule has 1 aromatic heterocycles. The van der Waals surface area contributed by atoms with E-state index in [-0.39, 0.29) is 5.91 Å². The van der Waals surface area contributed by atoms with Crippen LogP contribution in [0.15, 0.2) is 48.7 Å². The lowest BCUT2D eigenvalue weighted by atomic mass is 10.2. The van der Waals surface area contributed by atoms with E-state index in [0.717, 1.165) is 44.8 Å². The van der Waals surface area contributed by atoms with Gasteiger partial charge in [-0.25, -0.2) is 0 Å². The van der Waals surface area contributed by atoms with Crippen molar-refractivity contribution in [3.05, 3.63) is 65.5 Å². The number of carbonyl (C=O) groups excluding carboxylic acids is 1. The van der Waals surface area contributed by atoms with Gasteiger partial charge in [0, 0.05) is 44.6 Å². The Morgan fingerprint density at radius 1 is 1.04 bits per heavy atom. The maximum Gasteiger partial charge on any atom is 0.255 e. The lowest BCUT2D eigenvalue weighted by Crippen LogP contribution is -2.35. The number of hydrogen-bond acceptors (Lipinski definition) is 3. The summed E-state index contributed by atoms with van der Waals surface area (Å²) in [7, 11) is 0. The van der Waals surface area contributed by atoms with Crippen LogP contribution in [0.3, 0.4) is 0 Å². The molecule has 4 nitrogen and oxygen atoms in total. The third kappa shape index (κ3) is 4.17. The average Bonchev–Trinajstić information content (AvgIpc) is 2.81. The van der Waals surface area contributed by atoms with Crippen molar-refractivity contribution in [3.8, 4) is 0 Å². The predicted molar refractivity (Wildman–Crippen MR) is 91.2 cm³/mol. The summed E-state index contributed by atoms with van der Waals surface area (Å²) >= 11 is 0. The molecule has 1 fully saturated rings. The molecule has 0 bridgehead atoms. The van der Waals surface area contributed by atoms with E-state index in [1.807, 2.05) is 30.0 Å². The molecule has 1 aromatic carbocycles. The Balaban J connectivity index is 1.59. The summed E-state index contributed by atoms with van der Waals surface area (Å²) in [6, 6.07) is 14.3. The zero-order chi connectivity index (χ0) is 16.1. The van der Waals surface area contributed by atoms with Crippen LogP contribution in [0.5, 0.6) is 0 Å². The molecule has 0 aliphatic carbocycles. The van der Waals surface area contributed by atoms with Gasteiger partial charge in [0.2, 0.25) is 0 Å². The fraction of sp³-hybridized carbons (Fsp3) is 0.368. The molecular weight excluding hydrogens is 286 g/mol. The first-order valence-electron chi connectivity index (χ1n) is 8.20. The Kier molecular flexibility index (Phi) is 5.03. The average molecular weight is 309 g/mol. The fourth-order valence-corrected chi connectivity index (χ4v) is 2.95. The summed E-state index contributed by atoms with van der Waals surface area (Å²) in [5, 5.41) is 0. The van der Waals surface area contributed by atoms with Gasteiger partial charge in [0.1, 0.15) is 0 Å². The van der Waals surface area contributed by atoms with Crippen LogP contribution in [-0.4, -0.2) is 46.9 Å². The van der Waals surface area contributed by atoms with Crippen molar-refractivity contribution in [2.75, 3.05) is 26.2 Å². The van der Waals surface area contributed by atoms with Crippen LogP contribution in [-0.2, 0) is 6.54 Å². The zero-order valence-electron chi connectivity index (χ0n) is 13.6. The van der Waals surface area contributed by atoms with Crippen molar-refractivity contribution in [2.45, 2.75) is 19.9 Å². The van der Waals surface area contributed by atoms with Crippen molar-refractivity contribution in [3.63, 3.8) is 0 Å². The van der Waals surface area contributed by atoms with Crippen LogP contribution in [0.1, 0.15) is 28.0 Å². The van der Waals surface area contributed by atoms with Gasteiger partial charge in [-0.15, -0.1) is 0 Å². The van der Waals surface area contributed by atoms with Crippen LogP contribution in [0.25, 0.3) is 0 Å². The number of benzene rings is 1. The molecule has 0 spiro atoms.